The molecule has 0 aromatic heterocycles. The number of amides is 1. The average molecular weight is 293 g/mol. The average Bonchev–Trinajstić information content (AvgIpc) is 2.10. The Bertz CT molecular complexity index is 342. The van der Waals surface area contributed by atoms with Gasteiger partial charge in [-0.25, -0.2) is 0 Å². The van der Waals surface area contributed by atoms with E-state index in [0.29, 0.717) is 0 Å². The highest BCUT2D eigenvalue weighted by atomic mass is 35.5. The fourth-order valence-electron chi connectivity index (χ4n) is 0.685. The van der Waals surface area contributed by atoms with Crippen molar-refractivity contribution in [2.24, 2.45) is 0 Å². The van der Waals surface area contributed by atoms with E-state index >= 15 is 0 Å². The molecule has 0 atom stereocenters. The number of nitrogens with zero attached hydrogens (tertiary/aromatic N) is 1. The van der Waals surface area contributed by atoms with Crippen LogP contribution in [0.3, 0.4) is 0 Å². The summed E-state index contributed by atoms with van der Waals surface area (Å²) in [6, 6.07) is 0. The van der Waals surface area contributed by atoms with Crippen molar-refractivity contribution in [3.63, 3.8) is 0 Å². The Labute approximate surface area is 105 Å². The maximum absolute atomic E-state index is 11.2. The number of carbonyl (C=O) groups is 1. The van der Waals surface area contributed by atoms with Crippen LogP contribution in [0, 0.1) is 0 Å². The van der Waals surface area contributed by atoms with Gasteiger partial charge in [0.05, 0.1) is 11.3 Å². The molecule has 1 amide bonds. The van der Waals surface area contributed by atoms with E-state index in [1.807, 2.05) is 0 Å². The van der Waals surface area contributed by atoms with E-state index in [1.54, 1.807) is 13.8 Å². The predicted molar refractivity (Wildman–Crippen MR) is 61.7 cm³/mol. The summed E-state index contributed by atoms with van der Waals surface area (Å²) in [4.78, 5) is 11.2. The molecule has 6 nitrogen and oxygen atoms in total. The summed E-state index contributed by atoms with van der Waals surface area (Å²) in [6.45, 7) is 3.54. The van der Waals surface area contributed by atoms with Gasteiger partial charge < -0.3 is 5.32 Å². The van der Waals surface area contributed by atoms with Gasteiger partial charge in [0.25, 0.3) is 10.1 Å². The summed E-state index contributed by atoms with van der Waals surface area (Å²) in [5.74, 6) is -1.11. The van der Waals surface area contributed by atoms with Crippen molar-refractivity contribution in [2.75, 3.05) is 12.3 Å². The van der Waals surface area contributed by atoms with Crippen molar-refractivity contribution in [1.82, 2.24) is 9.25 Å². The van der Waals surface area contributed by atoms with Crippen LogP contribution in [-0.2, 0) is 14.9 Å². The van der Waals surface area contributed by atoms with Gasteiger partial charge >= 0.3 is 0 Å². The van der Waals surface area contributed by atoms with Crippen molar-refractivity contribution in [3.05, 3.63) is 0 Å². The van der Waals surface area contributed by atoms with Crippen molar-refractivity contribution in [3.8, 4) is 0 Å². The molecule has 0 aromatic rings. The van der Waals surface area contributed by atoms with Gasteiger partial charge in [-0.1, -0.05) is 0 Å². The summed E-state index contributed by atoms with van der Waals surface area (Å²) in [6.07, 6.45) is -0.306. The van der Waals surface area contributed by atoms with E-state index in [4.69, 9.17) is 28.1 Å². The Kier molecular flexibility index (Phi) is 5.99. The van der Waals surface area contributed by atoms with Crippen LogP contribution in [-0.4, -0.2) is 40.7 Å². The summed E-state index contributed by atoms with van der Waals surface area (Å²) in [5, 5.41) is 2.45. The Morgan fingerprint density at radius 1 is 1.44 bits per heavy atom. The van der Waals surface area contributed by atoms with Gasteiger partial charge in [-0.05, 0) is 37.4 Å². The van der Waals surface area contributed by atoms with Crippen molar-refractivity contribution in [1.29, 1.82) is 0 Å². The lowest BCUT2D eigenvalue weighted by Crippen LogP contribution is -2.44. The van der Waals surface area contributed by atoms with Crippen molar-refractivity contribution < 1.29 is 17.8 Å². The fraction of sp³-hybridized carbons (Fsp3) is 0.857. The van der Waals surface area contributed by atoms with Crippen LogP contribution >= 0.6 is 23.6 Å². The maximum atomic E-state index is 11.2. The Hall–Kier alpha value is -0.0800. The Balaban J connectivity index is 4.00. The molecular weight excluding hydrogens is 279 g/mol. The summed E-state index contributed by atoms with van der Waals surface area (Å²) < 4.78 is 30.1. The topological polar surface area (TPSA) is 86.7 Å². The highest BCUT2D eigenvalue weighted by molar-refractivity contribution is 7.85. The number of hydrogen-bond acceptors (Lipinski definition) is 4. The molecular formula is C7H14Cl2N2O4S. The standard InChI is InChI=1S/C7H14Cl2N2O4S/c1-7(2,11(8)9)5-10-6(12)3-4-16(13,14)15/h3-5H2,1-2H3,(H,10,12)(H,13,14,15). The number of carbonyl (C=O) groups excluding carboxylic acids is 1. The molecule has 0 rings (SSSR count). The molecule has 0 spiro atoms. The minimum absolute atomic E-state index is 0.157. The van der Waals surface area contributed by atoms with E-state index in [1.165, 1.54) is 0 Å². The third-order valence-corrected chi connectivity index (χ3v) is 3.40. The van der Waals surface area contributed by atoms with Crippen molar-refractivity contribution in [2.45, 2.75) is 25.8 Å². The lowest BCUT2D eigenvalue weighted by atomic mass is 10.1. The number of hydrogen-bond donors (Lipinski definition) is 2. The number of rotatable bonds is 6. The first-order valence-electron chi connectivity index (χ1n) is 4.38. The minimum Gasteiger partial charge on any atom is -0.354 e. The molecule has 0 saturated carbocycles. The third kappa shape index (κ3) is 7.24. The van der Waals surface area contributed by atoms with E-state index < -0.39 is 27.3 Å². The van der Waals surface area contributed by atoms with Crippen LogP contribution in [0.1, 0.15) is 20.3 Å². The molecule has 0 heterocycles. The van der Waals surface area contributed by atoms with Crippen LogP contribution in [0.2, 0.25) is 0 Å². The normalized spacial score (nSPS) is 12.9. The van der Waals surface area contributed by atoms with Crippen LogP contribution < -0.4 is 5.32 Å². The zero-order valence-electron chi connectivity index (χ0n) is 8.90. The lowest BCUT2D eigenvalue weighted by Gasteiger charge is -2.27. The fourth-order valence-corrected chi connectivity index (χ4v) is 1.25. The second-order valence-electron chi connectivity index (χ2n) is 3.86. The summed E-state index contributed by atoms with van der Waals surface area (Å²) >= 11 is 11.0. The van der Waals surface area contributed by atoms with Gasteiger partial charge in [-0.15, -0.1) is 3.94 Å². The van der Waals surface area contributed by atoms with Crippen molar-refractivity contribution >= 4 is 39.6 Å². The van der Waals surface area contributed by atoms with Gasteiger partial charge in [-0.3, -0.25) is 9.35 Å². The molecule has 0 bridgehead atoms. The third-order valence-electron chi connectivity index (χ3n) is 1.76. The molecule has 0 aliphatic heterocycles. The molecule has 16 heavy (non-hydrogen) atoms. The van der Waals surface area contributed by atoms with E-state index in [9.17, 15) is 13.2 Å². The van der Waals surface area contributed by atoms with E-state index in [-0.39, 0.29) is 13.0 Å². The van der Waals surface area contributed by atoms with Crippen LogP contribution in [0.4, 0.5) is 0 Å². The largest absolute Gasteiger partial charge is 0.354 e. The minimum atomic E-state index is -4.11. The first-order valence-corrected chi connectivity index (χ1v) is 6.67. The van der Waals surface area contributed by atoms with E-state index in [2.05, 4.69) is 5.32 Å². The zero-order chi connectivity index (χ0) is 13.0. The maximum Gasteiger partial charge on any atom is 0.265 e. The molecule has 0 aliphatic rings. The first-order chi connectivity index (χ1) is 7.04. The molecule has 0 aliphatic carbocycles. The Morgan fingerprint density at radius 2 is 1.94 bits per heavy atom. The molecule has 2 N–H and O–H groups in total. The first kappa shape index (κ1) is 15.9. The number of nitrogens with one attached hydrogen (secondary N) is 1. The highest BCUT2D eigenvalue weighted by Gasteiger charge is 2.25. The summed E-state index contributed by atoms with van der Waals surface area (Å²) in [5.41, 5.74) is -0.670. The second-order valence-corrected chi connectivity index (χ2v) is 6.28. The smallest absolute Gasteiger partial charge is 0.265 e. The quantitative estimate of drug-likeness (QED) is 0.558. The molecule has 9 heteroatoms. The monoisotopic (exact) mass is 292 g/mol. The molecule has 96 valence electrons. The van der Waals surface area contributed by atoms with Crippen LogP contribution in [0.25, 0.3) is 0 Å². The molecule has 0 fully saturated rings. The molecule has 0 radical (unpaired) electrons. The van der Waals surface area contributed by atoms with E-state index in [0.717, 1.165) is 3.94 Å². The number of halogens is 2. The van der Waals surface area contributed by atoms with Gasteiger partial charge in [0.15, 0.2) is 0 Å². The SMILES string of the molecule is CC(C)(CNC(=O)CCS(=O)(=O)O)N(Cl)Cl. The van der Waals surface area contributed by atoms with Gasteiger partial charge in [-0.2, -0.15) is 8.42 Å². The molecule has 0 aromatic carbocycles. The molecule has 0 unspecified atom stereocenters. The Morgan fingerprint density at radius 3 is 2.31 bits per heavy atom. The lowest BCUT2D eigenvalue weighted by molar-refractivity contribution is -0.121. The van der Waals surface area contributed by atoms with Gasteiger partial charge in [0, 0.05) is 13.0 Å². The molecule has 0 saturated heterocycles. The predicted octanol–water partition coefficient (Wildman–Crippen LogP) is 0.769. The van der Waals surface area contributed by atoms with Gasteiger partial charge in [0.2, 0.25) is 5.91 Å². The second kappa shape index (κ2) is 6.02. The van der Waals surface area contributed by atoms with Crippen LogP contribution in [0.5, 0.6) is 0 Å². The zero-order valence-corrected chi connectivity index (χ0v) is 11.2. The highest BCUT2D eigenvalue weighted by Crippen LogP contribution is 2.18. The summed E-state index contributed by atoms with van der Waals surface area (Å²) in [7, 11) is -4.11. The van der Waals surface area contributed by atoms with Crippen LogP contribution in [0.15, 0.2) is 0 Å². The van der Waals surface area contributed by atoms with Gasteiger partial charge in [0.1, 0.15) is 0 Å².